The summed E-state index contributed by atoms with van der Waals surface area (Å²) in [4.78, 5) is 0.0443. The van der Waals surface area contributed by atoms with E-state index in [1.807, 2.05) is 0 Å². The first-order chi connectivity index (χ1) is 8.00. The highest BCUT2D eigenvalue weighted by Gasteiger charge is 2.18. The molecule has 0 amide bonds. The van der Waals surface area contributed by atoms with Crippen molar-refractivity contribution in [3.63, 3.8) is 0 Å². The van der Waals surface area contributed by atoms with Crippen molar-refractivity contribution in [2.45, 2.75) is 4.90 Å². The van der Waals surface area contributed by atoms with Crippen LogP contribution in [-0.2, 0) is 17.1 Å². The van der Waals surface area contributed by atoms with Crippen LogP contribution in [0.4, 0.5) is 5.82 Å². The molecule has 1 aromatic heterocycles. The fraction of sp³-hybridized carbons (Fsp3) is 0.100. The highest BCUT2D eigenvalue weighted by molar-refractivity contribution is 7.92. The van der Waals surface area contributed by atoms with Crippen molar-refractivity contribution in [2.75, 3.05) is 4.72 Å². The number of hydrogen-bond acceptors (Lipinski definition) is 3. The number of nitrogens with one attached hydrogen (secondary N) is 1. The van der Waals surface area contributed by atoms with Crippen molar-refractivity contribution in [3.05, 3.63) is 41.6 Å². The third-order valence-electron chi connectivity index (χ3n) is 2.19. The Balaban J connectivity index is 2.39. The van der Waals surface area contributed by atoms with E-state index in [1.165, 1.54) is 23.0 Å². The van der Waals surface area contributed by atoms with Crippen LogP contribution in [0.5, 0.6) is 0 Å². The van der Waals surface area contributed by atoms with Crippen LogP contribution in [0.25, 0.3) is 0 Å². The molecule has 0 atom stereocenters. The van der Waals surface area contributed by atoms with Gasteiger partial charge in [-0.05, 0) is 12.1 Å². The van der Waals surface area contributed by atoms with Crippen LogP contribution in [0.2, 0.25) is 5.02 Å². The number of hydrogen-bond donors (Lipinski definition) is 1. The summed E-state index contributed by atoms with van der Waals surface area (Å²) in [6.45, 7) is 0. The molecule has 90 valence electrons. The Morgan fingerprint density at radius 3 is 2.59 bits per heavy atom. The van der Waals surface area contributed by atoms with Crippen LogP contribution in [0, 0.1) is 0 Å². The molecule has 1 N–H and O–H groups in total. The standard InChI is InChI=1S/C10H10ClN3O2S/c1-14-10(6-7-12-14)13-17(15,16)9-5-3-2-4-8(9)11/h2-7,13H,1H3. The van der Waals surface area contributed by atoms with E-state index in [9.17, 15) is 8.42 Å². The zero-order chi connectivity index (χ0) is 12.5. The minimum absolute atomic E-state index is 0.0443. The number of aromatic nitrogens is 2. The summed E-state index contributed by atoms with van der Waals surface area (Å²) in [5.74, 6) is 0.380. The number of anilines is 1. The van der Waals surface area contributed by atoms with E-state index in [-0.39, 0.29) is 9.92 Å². The molecule has 1 heterocycles. The minimum atomic E-state index is -3.68. The predicted molar refractivity (Wildman–Crippen MR) is 65.5 cm³/mol. The van der Waals surface area contributed by atoms with Gasteiger partial charge in [-0.25, -0.2) is 8.42 Å². The summed E-state index contributed by atoms with van der Waals surface area (Å²) in [7, 11) is -2.04. The average molecular weight is 272 g/mol. The molecule has 1 aromatic carbocycles. The molecule has 0 aliphatic carbocycles. The molecule has 0 aliphatic heterocycles. The monoisotopic (exact) mass is 271 g/mol. The average Bonchev–Trinajstić information content (AvgIpc) is 2.64. The molecular formula is C10H10ClN3O2S. The van der Waals surface area contributed by atoms with E-state index in [4.69, 9.17) is 11.6 Å². The highest BCUT2D eigenvalue weighted by Crippen LogP contribution is 2.22. The normalized spacial score (nSPS) is 11.4. The van der Waals surface area contributed by atoms with E-state index in [0.717, 1.165) is 0 Å². The fourth-order valence-electron chi connectivity index (χ4n) is 1.33. The van der Waals surface area contributed by atoms with E-state index >= 15 is 0 Å². The van der Waals surface area contributed by atoms with Crippen molar-refractivity contribution in [1.29, 1.82) is 0 Å². The van der Waals surface area contributed by atoms with Crippen LogP contribution < -0.4 is 4.72 Å². The van der Waals surface area contributed by atoms with Gasteiger partial charge in [0.2, 0.25) is 0 Å². The maximum atomic E-state index is 12.0. The van der Waals surface area contributed by atoms with E-state index in [2.05, 4.69) is 9.82 Å². The highest BCUT2D eigenvalue weighted by atomic mass is 35.5. The number of sulfonamides is 1. The maximum absolute atomic E-state index is 12.0. The Kier molecular flexibility index (Phi) is 3.08. The minimum Gasteiger partial charge on any atom is -0.264 e. The van der Waals surface area contributed by atoms with Crippen LogP contribution in [-0.4, -0.2) is 18.2 Å². The second kappa shape index (κ2) is 4.38. The molecular weight excluding hydrogens is 262 g/mol. The van der Waals surface area contributed by atoms with Gasteiger partial charge in [-0.2, -0.15) is 5.10 Å². The summed E-state index contributed by atoms with van der Waals surface area (Å²) in [5.41, 5.74) is 0. The topological polar surface area (TPSA) is 64.0 Å². The lowest BCUT2D eigenvalue weighted by Gasteiger charge is -2.08. The van der Waals surface area contributed by atoms with Gasteiger partial charge in [0.1, 0.15) is 10.7 Å². The Hall–Kier alpha value is -1.53. The molecule has 0 fully saturated rings. The molecule has 0 unspecified atom stereocenters. The number of halogens is 1. The zero-order valence-electron chi connectivity index (χ0n) is 8.96. The molecule has 2 aromatic rings. The van der Waals surface area contributed by atoms with Crippen LogP contribution >= 0.6 is 11.6 Å². The van der Waals surface area contributed by atoms with Gasteiger partial charge in [-0.1, -0.05) is 23.7 Å². The van der Waals surface area contributed by atoms with Crippen molar-refractivity contribution in [2.24, 2.45) is 7.05 Å². The quantitative estimate of drug-likeness (QED) is 0.927. The first-order valence-electron chi connectivity index (χ1n) is 4.76. The van der Waals surface area contributed by atoms with Crippen LogP contribution in [0.15, 0.2) is 41.4 Å². The summed E-state index contributed by atoms with van der Waals surface area (Å²) in [6.07, 6.45) is 1.50. The van der Waals surface area contributed by atoms with Gasteiger partial charge in [0.25, 0.3) is 10.0 Å². The summed E-state index contributed by atoms with van der Waals surface area (Å²) < 4.78 is 27.9. The van der Waals surface area contributed by atoms with Gasteiger partial charge in [-0.15, -0.1) is 0 Å². The molecule has 0 aliphatic rings. The lowest BCUT2D eigenvalue weighted by molar-refractivity contribution is 0.600. The van der Waals surface area contributed by atoms with E-state index < -0.39 is 10.0 Å². The zero-order valence-corrected chi connectivity index (χ0v) is 10.5. The molecule has 0 spiro atoms. The number of benzene rings is 1. The first-order valence-corrected chi connectivity index (χ1v) is 6.62. The van der Waals surface area contributed by atoms with Gasteiger partial charge in [0.05, 0.1) is 11.2 Å². The van der Waals surface area contributed by atoms with Gasteiger partial charge in [0, 0.05) is 13.1 Å². The van der Waals surface area contributed by atoms with Gasteiger partial charge >= 0.3 is 0 Å². The molecule has 7 heteroatoms. The van der Waals surface area contributed by atoms with Gasteiger partial charge < -0.3 is 0 Å². The number of nitrogens with zero attached hydrogens (tertiary/aromatic N) is 2. The Morgan fingerprint density at radius 1 is 1.29 bits per heavy atom. The van der Waals surface area contributed by atoms with Crippen molar-refractivity contribution >= 4 is 27.4 Å². The van der Waals surface area contributed by atoms with Gasteiger partial charge in [-0.3, -0.25) is 9.40 Å². The third-order valence-corrected chi connectivity index (χ3v) is 4.04. The Morgan fingerprint density at radius 2 is 2.00 bits per heavy atom. The van der Waals surface area contributed by atoms with Crippen molar-refractivity contribution in [3.8, 4) is 0 Å². The van der Waals surface area contributed by atoms with E-state index in [1.54, 1.807) is 25.2 Å². The molecule has 2 rings (SSSR count). The first kappa shape index (κ1) is 11.9. The van der Waals surface area contributed by atoms with Crippen LogP contribution in [0.1, 0.15) is 0 Å². The lowest BCUT2D eigenvalue weighted by atomic mass is 10.4. The lowest BCUT2D eigenvalue weighted by Crippen LogP contribution is -2.15. The summed E-state index contributed by atoms with van der Waals surface area (Å²) >= 11 is 5.85. The maximum Gasteiger partial charge on any atom is 0.264 e. The molecule has 5 nitrogen and oxygen atoms in total. The van der Waals surface area contributed by atoms with Crippen molar-refractivity contribution < 1.29 is 8.42 Å². The largest absolute Gasteiger partial charge is 0.264 e. The van der Waals surface area contributed by atoms with Crippen molar-refractivity contribution in [1.82, 2.24) is 9.78 Å². The Labute approximate surface area is 104 Å². The van der Waals surface area contributed by atoms with Gasteiger partial charge in [0.15, 0.2) is 0 Å². The summed E-state index contributed by atoms with van der Waals surface area (Å²) in [6, 6.07) is 7.82. The SMILES string of the molecule is Cn1nccc1NS(=O)(=O)c1ccccc1Cl. The number of aryl methyl sites for hydroxylation is 1. The second-order valence-corrected chi connectivity index (χ2v) is 5.43. The summed E-state index contributed by atoms with van der Waals surface area (Å²) in [5, 5.41) is 4.06. The third kappa shape index (κ3) is 2.42. The molecule has 0 saturated heterocycles. The molecule has 0 bridgehead atoms. The fourth-order valence-corrected chi connectivity index (χ4v) is 2.94. The number of rotatable bonds is 3. The van der Waals surface area contributed by atoms with Crippen LogP contribution in [0.3, 0.4) is 0 Å². The molecule has 0 saturated carbocycles. The molecule has 0 radical (unpaired) electrons. The Bertz CT molecular complexity index is 637. The van der Waals surface area contributed by atoms with E-state index in [0.29, 0.717) is 5.82 Å². The molecule has 17 heavy (non-hydrogen) atoms. The predicted octanol–water partition coefficient (Wildman–Crippen LogP) is 1.87. The second-order valence-electron chi connectivity index (χ2n) is 3.38. The smallest absolute Gasteiger partial charge is 0.264 e.